The highest BCUT2D eigenvalue weighted by molar-refractivity contribution is 6.12. The average Bonchev–Trinajstić information content (AvgIpc) is 2.70. The second-order valence-corrected chi connectivity index (χ2v) is 5.93. The summed E-state index contributed by atoms with van der Waals surface area (Å²) in [6, 6.07) is 17.0. The number of benzodiazepines with no additional fused rings is 1. The molecule has 0 radical (unpaired) electrons. The Kier molecular flexibility index (Phi) is 4.79. The van der Waals surface area contributed by atoms with E-state index in [2.05, 4.69) is 9.98 Å². The van der Waals surface area contributed by atoms with Crippen molar-refractivity contribution >= 4 is 23.3 Å². The van der Waals surface area contributed by atoms with Gasteiger partial charge >= 0.3 is 0 Å². The molecule has 1 aliphatic heterocycles. The number of para-hydroxylation sites is 1. The van der Waals surface area contributed by atoms with Gasteiger partial charge in [-0.25, -0.2) is 4.99 Å². The Balaban J connectivity index is 2.00. The molecule has 3 rings (SSSR count). The molecule has 0 saturated heterocycles. The molecule has 1 amide bonds. The van der Waals surface area contributed by atoms with Crippen molar-refractivity contribution < 1.29 is 4.79 Å². The zero-order valence-corrected chi connectivity index (χ0v) is 14.1. The molecule has 2 aromatic rings. The van der Waals surface area contributed by atoms with E-state index in [1.165, 1.54) is 0 Å². The molecule has 6 heteroatoms. The Hall–Kier alpha value is -3.15. The van der Waals surface area contributed by atoms with E-state index >= 15 is 0 Å². The number of aliphatic imine (C=N–C) groups is 2. The molecule has 0 aliphatic carbocycles. The number of amides is 1. The van der Waals surface area contributed by atoms with Crippen molar-refractivity contribution in [3.8, 4) is 0 Å². The zero-order valence-electron chi connectivity index (χ0n) is 14.1. The molecular formula is C19H21N5O. The number of hydrogen-bond donors (Lipinski definition) is 2. The van der Waals surface area contributed by atoms with Crippen LogP contribution in [0.2, 0.25) is 0 Å². The summed E-state index contributed by atoms with van der Waals surface area (Å²) in [6.07, 6.45) is 0.531. The van der Waals surface area contributed by atoms with Crippen molar-refractivity contribution in [1.29, 1.82) is 0 Å². The Morgan fingerprint density at radius 3 is 2.52 bits per heavy atom. The lowest BCUT2D eigenvalue weighted by Gasteiger charge is -2.23. The molecule has 0 spiro atoms. The van der Waals surface area contributed by atoms with E-state index in [9.17, 15) is 4.79 Å². The first-order valence-electron chi connectivity index (χ1n) is 8.11. The number of fused-ring (bicyclic) bond motifs is 1. The van der Waals surface area contributed by atoms with E-state index in [1.807, 2.05) is 61.5 Å². The smallest absolute Gasteiger partial charge is 0.253 e. The third kappa shape index (κ3) is 3.68. The molecule has 0 bridgehead atoms. The summed E-state index contributed by atoms with van der Waals surface area (Å²) >= 11 is 0. The molecule has 1 unspecified atom stereocenters. The molecule has 1 heterocycles. The third-order valence-corrected chi connectivity index (χ3v) is 4.15. The quantitative estimate of drug-likeness (QED) is 0.657. The van der Waals surface area contributed by atoms with Crippen molar-refractivity contribution in [3.63, 3.8) is 0 Å². The molecular weight excluding hydrogens is 314 g/mol. The molecule has 0 fully saturated rings. The van der Waals surface area contributed by atoms with Gasteiger partial charge in [0, 0.05) is 17.7 Å². The van der Waals surface area contributed by atoms with Crippen molar-refractivity contribution in [2.75, 3.05) is 11.6 Å². The van der Waals surface area contributed by atoms with Crippen LogP contribution in [-0.2, 0) is 11.2 Å². The Morgan fingerprint density at radius 1 is 1.12 bits per heavy atom. The molecule has 0 saturated carbocycles. The Morgan fingerprint density at radius 2 is 1.80 bits per heavy atom. The zero-order chi connectivity index (χ0) is 17.8. The lowest BCUT2D eigenvalue weighted by Crippen LogP contribution is -2.40. The van der Waals surface area contributed by atoms with Gasteiger partial charge in [-0.1, -0.05) is 48.5 Å². The van der Waals surface area contributed by atoms with Gasteiger partial charge in [-0.3, -0.25) is 14.7 Å². The molecule has 1 atom stereocenters. The van der Waals surface area contributed by atoms with Crippen LogP contribution in [0.5, 0.6) is 0 Å². The summed E-state index contributed by atoms with van der Waals surface area (Å²) in [5, 5.41) is 0. The van der Waals surface area contributed by atoms with Gasteiger partial charge in [-0.05, 0) is 18.6 Å². The van der Waals surface area contributed by atoms with Gasteiger partial charge in [-0.2, -0.15) is 0 Å². The largest absolute Gasteiger partial charge is 0.370 e. The van der Waals surface area contributed by atoms with Gasteiger partial charge in [0.05, 0.1) is 5.69 Å². The summed E-state index contributed by atoms with van der Waals surface area (Å²) in [5.74, 6) is -0.162. The summed E-state index contributed by atoms with van der Waals surface area (Å²) in [7, 11) is 0. The van der Waals surface area contributed by atoms with Crippen molar-refractivity contribution in [2.45, 2.75) is 19.4 Å². The number of anilines is 1. The number of nitrogens with two attached hydrogens (primary N) is 2. The lowest BCUT2D eigenvalue weighted by molar-refractivity contribution is -0.119. The highest BCUT2D eigenvalue weighted by Crippen LogP contribution is 2.27. The summed E-state index contributed by atoms with van der Waals surface area (Å²) < 4.78 is 0. The van der Waals surface area contributed by atoms with Crippen LogP contribution in [0, 0.1) is 0 Å². The summed E-state index contributed by atoms with van der Waals surface area (Å²) in [4.78, 5) is 23.5. The number of nitrogens with zero attached hydrogens (tertiary/aromatic N) is 3. The first kappa shape index (κ1) is 16.7. The molecule has 6 nitrogen and oxygen atoms in total. The molecule has 0 aromatic heterocycles. The standard InChI is InChI=1S/C19H21N5O/c1-13-15-9-5-6-10-17(15)24(12-22-19(20)21)18(25)16(23-13)11-14-7-3-2-4-8-14/h2-10,16H,11-12H2,1H3,(H4,20,21,22). The van der Waals surface area contributed by atoms with Crippen LogP contribution in [0.1, 0.15) is 18.1 Å². The summed E-state index contributed by atoms with van der Waals surface area (Å²) in [6.45, 7) is 2.00. The van der Waals surface area contributed by atoms with Crippen LogP contribution in [0.15, 0.2) is 64.6 Å². The molecule has 2 aromatic carbocycles. The van der Waals surface area contributed by atoms with Gasteiger partial charge in [0.15, 0.2) is 5.96 Å². The normalized spacial score (nSPS) is 16.7. The molecule has 128 valence electrons. The van der Waals surface area contributed by atoms with E-state index in [0.717, 1.165) is 22.5 Å². The fourth-order valence-corrected chi connectivity index (χ4v) is 2.94. The minimum atomic E-state index is -0.510. The molecule has 4 N–H and O–H groups in total. The van der Waals surface area contributed by atoms with E-state index in [1.54, 1.807) is 4.90 Å². The van der Waals surface area contributed by atoms with Crippen molar-refractivity contribution in [1.82, 2.24) is 0 Å². The second kappa shape index (κ2) is 7.17. The highest BCUT2D eigenvalue weighted by atomic mass is 16.2. The average molecular weight is 335 g/mol. The fraction of sp³-hybridized carbons (Fsp3) is 0.211. The van der Waals surface area contributed by atoms with Crippen LogP contribution in [0.3, 0.4) is 0 Å². The van der Waals surface area contributed by atoms with E-state index in [-0.39, 0.29) is 18.5 Å². The number of carbonyl (C=O) groups excluding carboxylic acids is 1. The minimum absolute atomic E-state index is 0.0493. The number of guanidine groups is 1. The fourth-order valence-electron chi connectivity index (χ4n) is 2.94. The van der Waals surface area contributed by atoms with Crippen LogP contribution in [0.25, 0.3) is 0 Å². The Labute approximate surface area is 146 Å². The van der Waals surface area contributed by atoms with Crippen LogP contribution >= 0.6 is 0 Å². The first-order valence-corrected chi connectivity index (χ1v) is 8.11. The Bertz CT molecular complexity index is 825. The van der Waals surface area contributed by atoms with Crippen LogP contribution < -0.4 is 16.4 Å². The van der Waals surface area contributed by atoms with Crippen molar-refractivity contribution in [3.05, 3.63) is 65.7 Å². The van der Waals surface area contributed by atoms with E-state index < -0.39 is 6.04 Å². The van der Waals surface area contributed by atoms with Gasteiger partial charge in [0.1, 0.15) is 12.7 Å². The number of hydrogen-bond acceptors (Lipinski definition) is 3. The predicted molar refractivity (Wildman–Crippen MR) is 101 cm³/mol. The van der Waals surface area contributed by atoms with Gasteiger partial charge in [-0.15, -0.1) is 0 Å². The summed E-state index contributed by atoms with van der Waals surface area (Å²) in [5.41, 5.74) is 14.5. The van der Waals surface area contributed by atoms with Crippen LogP contribution in [0.4, 0.5) is 5.69 Å². The first-order chi connectivity index (χ1) is 12.1. The third-order valence-electron chi connectivity index (χ3n) is 4.15. The predicted octanol–water partition coefficient (Wildman–Crippen LogP) is 1.68. The maximum atomic E-state index is 13.1. The van der Waals surface area contributed by atoms with E-state index in [4.69, 9.17) is 11.5 Å². The highest BCUT2D eigenvalue weighted by Gasteiger charge is 2.30. The van der Waals surface area contributed by atoms with Gasteiger partial charge in [0.25, 0.3) is 5.91 Å². The number of rotatable bonds is 4. The topological polar surface area (TPSA) is 97.1 Å². The van der Waals surface area contributed by atoms with Crippen molar-refractivity contribution in [2.24, 2.45) is 21.5 Å². The van der Waals surface area contributed by atoms with Crippen LogP contribution in [-0.4, -0.2) is 30.3 Å². The number of carbonyl (C=O) groups is 1. The second-order valence-electron chi connectivity index (χ2n) is 5.93. The lowest BCUT2D eigenvalue weighted by atomic mass is 10.1. The monoisotopic (exact) mass is 335 g/mol. The SMILES string of the molecule is CC1=NC(Cc2ccccc2)C(=O)N(CN=C(N)N)c2ccccc21. The van der Waals surface area contributed by atoms with Gasteiger partial charge < -0.3 is 11.5 Å². The maximum absolute atomic E-state index is 13.1. The molecule has 25 heavy (non-hydrogen) atoms. The molecule has 1 aliphatic rings. The van der Waals surface area contributed by atoms with Gasteiger partial charge in [0.2, 0.25) is 0 Å². The maximum Gasteiger partial charge on any atom is 0.253 e. The number of benzene rings is 2. The van der Waals surface area contributed by atoms with E-state index in [0.29, 0.717) is 6.42 Å². The minimum Gasteiger partial charge on any atom is -0.370 e.